The van der Waals surface area contributed by atoms with E-state index in [-0.39, 0.29) is 5.91 Å². The second-order valence-corrected chi connectivity index (χ2v) is 7.19. The number of hydrogen-bond donors (Lipinski definition) is 0. The van der Waals surface area contributed by atoms with E-state index in [0.29, 0.717) is 5.92 Å². The standard InChI is InChI=1S/C22H28N2O2/c1-17-7-12-21(23-15-17)19-8-10-20(11-9-19)22(25)24-13-3-5-18(16-24)6-4-14-26-2/h7-12,15,18H,3-6,13-14,16H2,1-2H3. The first-order valence-corrected chi connectivity index (χ1v) is 9.48. The summed E-state index contributed by atoms with van der Waals surface area (Å²) in [6, 6.07) is 11.9. The van der Waals surface area contributed by atoms with Gasteiger partial charge in [0.05, 0.1) is 5.69 Å². The number of amides is 1. The highest BCUT2D eigenvalue weighted by atomic mass is 16.5. The number of hydrogen-bond acceptors (Lipinski definition) is 3. The molecule has 1 aliphatic heterocycles. The van der Waals surface area contributed by atoms with Crippen molar-refractivity contribution < 1.29 is 9.53 Å². The molecular weight excluding hydrogens is 324 g/mol. The third-order valence-electron chi connectivity index (χ3n) is 5.11. The maximum absolute atomic E-state index is 12.9. The molecule has 4 nitrogen and oxygen atoms in total. The van der Waals surface area contributed by atoms with Gasteiger partial charge in [-0.3, -0.25) is 9.78 Å². The first kappa shape index (κ1) is 18.6. The number of carbonyl (C=O) groups is 1. The van der Waals surface area contributed by atoms with E-state index in [1.54, 1.807) is 7.11 Å². The number of rotatable bonds is 6. The summed E-state index contributed by atoms with van der Waals surface area (Å²) in [5.74, 6) is 0.740. The van der Waals surface area contributed by atoms with Crippen LogP contribution < -0.4 is 0 Å². The molecule has 0 aliphatic carbocycles. The predicted molar refractivity (Wildman–Crippen MR) is 104 cm³/mol. The van der Waals surface area contributed by atoms with E-state index < -0.39 is 0 Å². The van der Waals surface area contributed by atoms with Crippen LogP contribution in [0.4, 0.5) is 0 Å². The Morgan fingerprint density at radius 1 is 1.23 bits per heavy atom. The van der Waals surface area contributed by atoms with Gasteiger partial charge in [-0.2, -0.15) is 0 Å². The lowest BCUT2D eigenvalue weighted by atomic mass is 9.93. The summed E-state index contributed by atoms with van der Waals surface area (Å²) in [6.07, 6.45) is 6.38. The van der Waals surface area contributed by atoms with E-state index in [2.05, 4.69) is 11.1 Å². The molecule has 1 saturated heterocycles. The quantitative estimate of drug-likeness (QED) is 0.727. The number of carbonyl (C=O) groups excluding carboxylic acids is 1. The second kappa shape index (κ2) is 8.95. The fourth-order valence-electron chi connectivity index (χ4n) is 3.61. The van der Waals surface area contributed by atoms with Crippen LogP contribution in [0.15, 0.2) is 42.6 Å². The molecule has 1 aromatic heterocycles. The summed E-state index contributed by atoms with van der Waals surface area (Å²) in [4.78, 5) is 19.3. The molecule has 1 aliphatic rings. The molecule has 0 spiro atoms. The summed E-state index contributed by atoms with van der Waals surface area (Å²) >= 11 is 0. The minimum atomic E-state index is 0.143. The van der Waals surface area contributed by atoms with Crippen molar-refractivity contribution in [2.45, 2.75) is 32.6 Å². The first-order valence-electron chi connectivity index (χ1n) is 9.48. The van der Waals surface area contributed by atoms with Crippen molar-refractivity contribution in [2.24, 2.45) is 5.92 Å². The van der Waals surface area contributed by atoms with Crippen LogP contribution in [0.2, 0.25) is 0 Å². The lowest BCUT2D eigenvalue weighted by molar-refractivity contribution is 0.0660. The van der Waals surface area contributed by atoms with Gasteiger partial charge < -0.3 is 9.64 Å². The number of piperidine rings is 1. The fraction of sp³-hybridized carbons (Fsp3) is 0.455. The van der Waals surface area contributed by atoms with Gasteiger partial charge in [0.2, 0.25) is 0 Å². The minimum absolute atomic E-state index is 0.143. The number of benzene rings is 1. The van der Waals surface area contributed by atoms with Crippen LogP contribution in [0.1, 0.15) is 41.6 Å². The number of pyridine rings is 1. The largest absolute Gasteiger partial charge is 0.385 e. The monoisotopic (exact) mass is 352 g/mol. The SMILES string of the molecule is COCCCC1CCCN(C(=O)c2ccc(-c3ccc(C)cn3)cc2)C1. The smallest absolute Gasteiger partial charge is 0.253 e. The summed E-state index contributed by atoms with van der Waals surface area (Å²) in [5, 5.41) is 0. The van der Waals surface area contributed by atoms with Gasteiger partial charge in [0.1, 0.15) is 0 Å². The van der Waals surface area contributed by atoms with Crippen LogP contribution >= 0.6 is 0 Å². The number of likely N-dealkylation sites (tertiary alicyclic amines) is 1. The second-order valence-electron chi connectivity index (χ2n) is 7.19. The molecule has 0 N–H and O–H groups in total. The third kappa shape index (κ3) is 4.70. The molecule has 1 unspecified atom stereocenters. The summed E-state index contributed by atoms with van der Waals surface area (Å²) < 4.78 is 5.15. The Labute approximate surface area is 156 Å². The van der Waals surface area contributed by atoms with Gasteiger partial charge in [0.15, 0.2) is 0 Å². The van der Waals surface area contributed by atoms with Crippen molar-refractivity contribution in [3.05, 3.63) is 53.7 Å². The Hall–Kier alpha value is -2.20. The van der Waals surface area contributed by atoms with E-state index in [1.165, 1.54) is 6.42 Å². The summed E-state index contributed by atoms with van der Waals surface area (Å²) in [5.41, 5.74) is 3.88. The fourth-order valence-corrected chi connectivity index (χ4v) is 3.61. The van der Waals surface area contributed by atoms with Crippen molar-refractivity contribution in [3.8, 4) is 11.3 Å². The molecule has 138 valence electrons. The minimum Gasteiger partial charge on any atom is -0.385 e. The molecule has 0 bridgehead atoms. The first-order chi connectivity index (χ1) is 12.7. The van der Waals surface area contributed by atoms with Crippen LogP contribution in [0.25, 0.3) is 11.3 Å². The van der Waals surface area contributed by atoms with Crippen molar-refractivity contribution in [1.29, 1.82) is 0 Å². The zero-order valence-corrected chi connectivity index (χ0v) is 15.8. The van der Waals surface area contributed by atoms with Crippen LogP contribution in [0, 0.1) is 12.8 Å². The topological polar surface area (TPSA) is 42.4 Å². The van der Waals surface area contributed by atoms with Gasteiger partial charge in [-0.1, -0.05) is 18.2 Å². The highest BCUT2D eigenvalue weighted by Crippen LogP contribution is 2.23. The van der Waals surface area contributed by atoms with Crippen LogP contribution in [-0.4, -0.2) is 42.6 Å². The Balaban J connectivity index is 1.63. The molecule has 4 heteroatoms. The van der Waals surface area contributed by atoms with Gasteiger partial charge >= 0.3 is 0 Å². The normalized spacial score (nSPS) is 17.3. The van der Waals surface area contributed by atoms with Gasteiger partial charge in [-0.15, -0.1) is 0 Å². The molecule has 1 atom stereocenters. The number of methoxy groups -OCH3 is 1. The number of aromatic nitrogens is 1. The van der Waals surface area contributed by atoms with Crippen LogP contribution in [-0.2, 0) is 4.74 Å². The van der Waals surface area contributed by atoms with E-state index >= 15 is 0 Å². The van der Waals surface area contributed by atoms with Crippen molar-refractivity contribution in [3.63, 3.8) is 0 Å². The van der Waals surface area contributed by atoms with Crippen molar-refractivity contribution in [2.75, 3.05) is 26.8 Å². The maximum atomic E-state index is 12.9. The highest BCUT2D eigenvalue weighted by Gasteiger charge is 2.24. The molecule has 0 saturated carbocycles. The molecule has 2 aromatic rings. The molecule has 2 heterocycles. The summed E-state index contributed by atoms with van der Waals surface area (Å²) in [6.45, 7) is 4.56. The number of aryl methyl sites for hydroxylation is 1. The van der Waals surface area contributed by atoms with E-state index in [4.69, 9.17) is 4.74 Å². The molecule has 1 aromatic carbocycles. The maximum Gasteiger partial charge on any atom is 0.253 e. The molecular formula is C22H28N2O2. The van der Waals surface area contributed by atoms with E-state index in [1.807, 2.05) is 48.4 Å². The molecule has 1 amide bonds. The van der Waals surface area contributed by atoms with E-state index in [0.717, 1.165) is 61.3 Å². The van der Waals surface area contributed by atoms with Gasteiger partial charge in [0.25, 0.3) is 5.91 Å². The van der Waals surface area contributed by atoms with Gasteiger partial charge in [-0.05, 0) is 62.3 Å². The molecule has 3 rings (SSSR count). The average Bonchev–Trinajstić information content (AvgIpc) is 2.69. The summed E-state index contributed by atoms with van der Waals surface area (Å²) in [7, 11) is 1.74. The van der Waals surface area contributed by atoms with Crippen molar-refractivity contribution >= 4 is 5.91 Å². The Morgan fingerprint density at radius 2 is 2.04 bits per heavy atom. The average molecular weight is 352 g/mol. The lowest BCUT2D eigenvalue weighted by Crippen LogP contribution is -2.40. The van der Waals surface area contributed by atoms with Gasteiger partial charge in [-0.25, -0.2) is 0 Å². The predicted octanol–water partition coefficient (Wildman–Crippen LogP) is 4.34. The highest BCUT2D eigenvalue weighted by molar-refractivity contribution is 5.94. The number of ether oxygens (including phenoxy) is 1. The molecule has 26 heavy (non-hydrogen) atoms. The zero-order valence-electron chi connectivity index (χ0n) is 15.8. The lowest BCUT2D eigenvalue weighted by Gasteiger charge is -2.33. The van der Waals surface area contributed by atoms with Crippen LogP contribution in [0.5, 0.6) is 0 Å². The van der Waals surface area contributed by atoms with Crippen LogP contribution in [0.3, 0.4) is 0 Å². The Bertz CT molecular complexity index is 710. The number of nitrogens with zero attached hydrogens (tertiary/aromatic N) is 2. The Kier molecular flexibility index (Phi) is 6.40. The Morgan fingerprint density at radius 3 is 2.73 bits per heavy atom. The molecule has 0 radical (unpaired) electrons. The zero-order chi connectivity index (χ0) is 18.4. The van der Waals surface area contributed by atoms with Gasteiger partial charge in [0, 0.05) is 44.1 Å². The third-order valence-corrected chi connectivity index (χ3v) is 5.11. The van der Waals surface area contributed by atoms with E-state index in [9.17, 15) is 4.79 Å². The van der Waals surface area contributed by atoms with Crippen molar-refractivity contribution in [1.82, 2.24) is 9.88 Å². The molecule has 1 fully saturated rings.